The van der Waals surface area contributed by atoms with E-state index < -0.39 is 0 Å². The molecule has 0 aliphatic heterocycles. The van der Waals surface area contributed by atoms with Crippen molar-refractivity contribution in [1.82, 2.24) is 0 Å². The topological polar surface area (TPSA) is 17.1 Å². The Morgan fingerprint density at radius 3 is 2.00 bits per heavy atom. The number of ketones is 1. The molecule has 0 unspecified atom stereocenters. The van der Waals surface area contributed by atoms with Gasteiger partial charge in [0.25, 0.3) is 0 Å². The second-order valence-electron chi connectivity index (χ2n) is 1.34. The van der Waals surface area contributed by atoms with E-state index in [1.54, 1.807) is 6.92 Å². The SMILES string of the molecule is CC(=O)/C=C(/C)Cl. The molecule has 2 heteroatoms. The Balaban J connectivity index is 3.68. The van der Waals surface area contributed by atoms with E-state index in [0.29, 0.717) is 5.03 Å². The van der Waals surface area contributed by atoms with E-state index in [1.807, 2.05) is 0 Å². The molecule has 0 spiro atoms. The summed E-state index contributed by atoms with van der Waals surface area (Å²) in [6.45, 7) is 3.13. The van der Waals surface area contributed by atoms with Crippen molar-refractivity contribution in [1.29, 1.82) is 0 Å². The molecule has 1 nitrogen and oxygen atoms in total. The highest BCUT2D eigenvalue weighted by atomic mass is 35.5. The van der Waals surface area contributed by atoms with Gasteiger partial charge in [0.2, 0.25) is 0 Å². The maximum atomic E-state index is 10.1. The number of allylic oxidation sites excluding steroid dienone is 2. The molecule has 0 fully saturated rings. The molecule has 0 aromatic rings. The van der Waals surface area contributed by atoms with Crippen LogP contribution >= 0.6 is 11.6 Å². The highest BCUT2D eigenvalue weighted by Crippen LogP contribution is 1.96. The molecule has 7 heavy (non-hydrogen) atoms. The van der Waals surface area contributed by atoms with Gasteiger partial charge in [0.15, 0.2) is 5.78 Å². The minimum absolute atomic E-state index is 0.00694. The van der Waals surface area contributed by atoms with E-state index >= 15 is 0 Å². The first-order chi connectivity index (χ1) is 3.13. The lowest BCUT2D eigenvalue weighted by atomic mass is 10.4. The fourth-order valence-electron chi connectivity index (χ4n) is 0.280. The Bertz CT molecular complexity index is 101. The van der Waals surface area contributed by atoms with Crippen LogP contribution in [-0.4, -0.2) is 5.78 Å². The van der Waals surface area contributed by atoms with Crippen LogP contribution < -0.4 is 0 Å². The van der Waals surface area contributed by atoms with E-state index in [9.17, 15) is 4.79 Å². The lowest BCUT2D eigenvalue weighted by Gasteiger charge is -1.77. The van der Waals surface area contributed by atoms with Gasteiger partial charge in [0, 0.05) is 5.03 Å². The highest BCUT2D eigenvalue weighted by Gasteiger charge is 1.82. The van der Waals surface area contributed by atoms with Gasteiger partial charge in [-0.15, -0.1) is 0 Å². The largest absolute Gasteiger partial charge is 0.295 e. The summed E-state index contributed by atoms with van der Waals surface area (Å²) in [5.74, 6) is -0.00694. The van der Waals surface area contributed by atoms with Crippen molar-refractivity contribution >= 4 is 17.4 Å². The number of carbonyl (C=O) groups excluding carboxylic acids is 1. The van der Waals surface area contributed by atoms with E-state index in [-0.39, 0.29) is 5.78 Å². The molecule has 0 aromatic carbocycles. The molecule has 0 aliphatic carbocycles. The maximum Gasteiger partial charge on any atom is 0.153 e. The molecule has 0 saturated carbocycles. The highest BCUT2D eigenvalue weighted by molar-refractivity contribution is 6.30. The lowest BCUT2D eigenvalue weighted by Crippen LogP contribution is -1.79. The smallest absolute Gasteiger partial charge is 0.153 e. The summed E-state index contributed by atoms with van der Waals surface area (Å²) in [7, 11) is 0. The Kier molecular flexibility index (Phi) is 2.68. The molecule has 0 aliphatic rings. The Morgan fingerprint density at radius 2 is 2.00 bits per heavy atom. The molecule has 0 bridgehead atoms. The Morgan fingerprint density at radius 1 is 1.57 bits per heavy atom. The van der Waals surface area contributed by atoms with E-state index in [0.717, 1.165) is 0 Å². The van der Waals surface area contributed by atoms with Crippen molar-refractivity contribution in [2.24, 2.45) is 0 Å². The van der Waals surface area contributed by atoms with Gasteiger partial charge in [-0.1, -0.05) is 11.6 Å². The summed E-state index contributed by atoms with van der Waals surface area (Å²) in [6, 6.07) is 0. The number of hydrogen-bond donors (Lipinski definition) is 0. The fraction of sp³-hybridized carbons (Fsp3) is 0.400. The Labute approximate surface area is 48.0 Å². The second-order valence-corrected chi connectivity index (χ2v) is 1.94. The van der Waals surface area contributed by atoms with Gasteiger partial charge in [0.05, 0.1) is 0 Å². The Hall–Kier alpha value is -0.300. The zero-order valence-electron chi connectivity index (χ0n) is 4.36. The van der Waals surface area contributed by atoms with Crippen molar-refractivity contribution in [3.63, 3.8) is 0 Å². The predicted octanol–water partition coefficient (Wildman–Crippen LogP) is 1.72. The van der Waals surface area contributed by atoms with Gasteiger partial charge in [0.1, 0.15) is 0 Å². The minimum Gasteiger partial charge on any atom is -0.295 e. The summed E-state index contributed by atoms with van der Waals surface area (Å²) in [4.78, 5) is 10.1. The first-order valence-corrected chi connectivity index (χ1v) is 2.35. The van der Waals surface area contributed by atoms with Crippen molar-refractivity contribution in [3.05, 3.63) is 11.1 Å². The number of rotatable bonds is 1. The number of halogens is 1. The van der Waals surface area contributed by atoms with Gasteiger partial charge in [-0.05, 0) is 19.9 Å². The molecular formula is C5H7ClO. The van der Waals surface area contributed by atoms with Crippen LogP contribution in [0.2, 0.25) is 0 Å². The van der Waals surface area contributed by atoms with Crippen LogP contribution in [0.3, 0.4) is 0 Å². The molecule has 0 amide bonds. The van der Waals surface area contributed by atoms with Gasteiger partial charge >= 0.3 is 0 Å². The lowest BCUT2D eigenvalue weighted by molar-refractivity contribution is -0.112. The summed E-state index contributed by atoms with van der Waals surface area (Å²) < 4.78 is 0. The fourth-order valence-corrected chi connectivity index (χ4v) is 0.434. The van der Waals surface area contributed by atoms with Crippen LogP contribution in [0.15, 0.2) is 11.1 Å². The third-order valence-corrected chi connectivity index (χ3v) is 0.511. The zero-order valence-corrected chi connectivity index (χ0v) is 5.12. The molecule has 0 saturated heterocycles. The van der Waals surface area contributed by atoms with E-state index in [1.165, 1.54) is 13.0 Å². The third-order valence-electron chi connectivity index (χ3n) is 0.402. The van der Waals surface area contributed by atoms with Gasteiger partial charge in [-0.3, -0.25) is 4.79 Å². The first-order valence-electron chi connectivity index (χ1n) is 1.97. The summed E-state index contributed by atoms with van der Waals surface area (Å²) in [5.41, 5.74) is 0. The van der Waals surface area contributed by atoms with Gasteiger partial charge in [-0.2, -0.15) is 0 Å². The molecule has 0 rings (SSSR count). The van der Waals surface area contributed by atoms with Gasteiger partial charge < -0.3 is 0 Å². The molecule has 0 aromatic heterocycles. The minimum atomic E-state index is -0.00694. The molecule has 0 radical (unpaired) electrons. The van der Waals surface area contributed by atoms with Crippen LogP contribution in [0.1, 0.15) is 13.8 Å². The molecule has 0 N–H and O–H groups in total. The quantitative estimate of drug-likeness (QED) is 0.479. The normalized spacial score (nSPS) is 11.6. The van der Waals surface area contributed by atoms with Crippen LogP contribution in [0.5, 0.6) is 0 Å². The van der Waals surface area contributed by atoms with Crippen molar-refractivity contribution < 1.29 is 4.79 Å². The third kappa shape index (κ3) is 5.70. The van der Waals surface area contributed by atoms with Gasteiger partial charge in [-0.25, -0.2) is 0 Å². The number of hydrogen-bond acceptors (Lipinski definition) is 1. The standard InChI is InChI=1S/C5H7ClO/c1-4(6)3-5(2)7/h3H,1-2H3/b4-3-. The summed E-state index contributed by atoms with van der Waals surface area (Å²) in [5, 5.41) is 0.535. The molecular weight excluding hydrogens is 112 g/mol. The monoisotopic (exact) mass is 118 g/mol. The maximum absolute atomic E-state index is 10.1. The molecule has 0 heterocycles. The van der Waals surface area contributed by atoms with Crippen molar-refractivity contribution in [2.45, 2.75) is 13.8 Å². The average Bonchev–Trinajstić information content (AvgIpc) is 1.27. The summed E-state index contributed by atoms with van der Waals surface area (Å²) in [6.07, 6.45) is 1.38. The molecule has 40 valence electrons. The van der Waals surface area contributed by atoms with E-state index in [2.05, 4.69) is 0 Å². The van der Waals surface area contributed by atoms with Crippen molar-refractivity contribution in [2.75, 3.05) is 0 Å². The van der Waals surface area contributed by atoms with Crippen LogP contribution in [0.25, 0.3) is 0 Å². The first kappa shape index (κ1) is 6.70. The second kappa shape index (κ2) is 2.80. The zero-order chi connectivity index (χ0) is 5.86. The van der Waals surface area contributed by atoms with Crippen LogP contribution in [0, 0.1) is 0 Å². The molecule has 0 atom stereocenters. The van der Waals surface area contributed by atoms with Crippen LogP contribution in [0.4, 0.5) is 0 Å². The predicted molar refractivity (Wildman–Crippen MR) is 30.3 cm³/mol. The van der Waals surface area contributed by atoms with Crippen molar-refractivity contribution in [3.8, 4) is 0 Å². The average molecular weight is 119 g/mol. The van der Waals surface area contributed by atoms with E-state index in [4.69, 9.17) is 11.6 Å². The summed E-state index contributed by atoms with van der Waals surface area (Å²) >= 11 is 5.31. The number of carbonyl (C=O) groups is 1. The van der Waals surface area contributed by atoms with Crippen LogP contribution in [-0.2, 0) is 4.79 Å².